The number of pyridine rings is 1. The Morgan fingerprint density at radius 1 is 1.67 bits per heavy atom. The number of hydrogen-bond acceptors (Lipinski definition) is 3. The van der Waals surface area contributed by atoms with Crippen LogP contribution in [-0.4, -0.2) is 23.2 Å². The van der Waals surface area contributed by atoms with Gasteiger partial charge in [-0.1, -0.05) is 11.6 Å². The highest BCUT2D eigenvalue weighted by molar-refractivity contribution is 6.33. The number of methoxy groups -OCH3 is 1. The number of hydrogen-bond donors (Lipinski definition) is 1. The molecule has 12 heavy (non-hydrogen) atoms. The number of nitrogens with zero attached hydrogens (tertiary/aromatic N) is 1. The fourth-order valence-corrected chi connectivity index (χ4v) is 1.01. The van der Waals surface area contributed by atoms with Crippen LogP contribution in [0.4, 0.5) is 0 Å². The maximum Gasteiger partial charge on any atom is 0.341 e. The van der Waals surface area contributed by atoms with Gasteiger partial charge in [-0.25, -0.2) is 4.79 Å². The molecule has 0 fully saturated rings. The molecular formula is C7H6ClNO3. The average Bonchev–Trinajstić information content (AvgIpc) is 2.03. The number of aromatic carboxylic acids is 1. The first-order valence-corrected chi connectivity index (χ1v) is 3.45. The van der Waals surface area contributed by atoms with Gasteiger partial charge in [0.1, 0.15) is 5.56 Å². The average molecular weight is 188 g/mol. The number of carboxylic acid groups (broad SMARTS) is 1. The summed E-state index contributed by atoms with van der Waals surface area (Å²) in [5.41, 5.74) is -0.0610. The summed E-state index contributed by atoms with van der Waals surface area (Å²) in [5, 5.41) is 8.76. The lowest BCUT2D eigenvalue weighted by molar-refractivity contribution is 0.0693. The fourth-order valence-electron chi connectivity index (χ4n) is 0.780. The van der Waals surface area contributed by atoms with Crippen molar-refractivity contribution in [2.45, 2.75) is 0 Å². The van der Waals surface area contributed by atoms with E-state index < -0.39 is 5.97 Å². The minimum atomic E-state index is -1.13. The molecule has 0 saturated heterocycles. The summed E-state index contributed by atoms with van der Waals surface area (Å²) in [7, 11) is 1.36. The van der Waals surface area contributed by atoms with Crippen LogP contribution in [0.3, 0.4) is 0 Å². The molecule has 1 heterocycles. The van der Waals surface area contributed by atoms with Crippen molar-refractivity contribution >= 4 is 17.6 Å². The third-order valence-electron chi connectivity index (χ3n) is 1.30. The quantitative estimate of drug-likeness (QED) is 0.761. The Labute approximate surface area is 73.8 Å². The largest absolute Gasteiger partial charge is 0.494 e. The van der Waals surface area contributed by atoms with Crippen LogP contribution >= 0.6 is 11.6 Å². The van der Waals surface area contributed by atoms with Crippen LogP contribution in [0.2, 0.25) is 5.02 Å². The highest BCUT2D eigenvalue weighted by Crippen LogP contribution is 2.24. The van der Waals surface area contributed by atoms with Gasteiger partial charge in [-0.05, 0) is 0 Å². The number of ether oxygens (including phenoxy) is 1. The van der Waals surface area contributed by atoms with Crippen molar-refractivity contribution in [3.63, 3.8) is 0 Å². The first-order valence-electron chi connectivity index (χ1n) is 3.07. The molecule has 5 heteroatoms. The predicted molar refractivity (Wildman–Crippen MR) is 42.8 cm³/mol. The SMILES string of the molecule is COc1cncc(Cl)c1C(=O)O. The fraction of sp³-hybridized carbons (Fsp3) is 0.143. The van der Waals surface area contributed by atoms with E-state index in [2.05, 4.69) is 4.98 Å². The molecule has 1 N–H and O–H groups in total. The Bertz CT molecular complexity index is 314. The first-order chi connectivity index (χ1) is 5.66. The molecule has 1 aromatic heterocycles. The molecule has 0 aliphatic rings. The topological polar surface area (TPSA) is 59.4 Å². The predicted octanol–water partition coefficient (Wildman–Crippen LogP) is 1.44. The Balaban J connectivity index is 3.29. The number of carboxylic acids is 1. The zero-order valence-electron chi connectivity index (χ0n) is 6.24. The molecule has 1 rings (SSSR count). The van der Waals surface area contributed by atoms with Crippen molar-refractivity contribution in [3.8, 4) is 5.75 Å². The van der Waals surface area contributed by atoms with Crippen LogP contribution in [0.15, 0.2) is 12.4 Å². The Morgan fingerprint density at radius 2 is 2.33 bits per heavy atom. The van der Waals surface area contributed by atoms with E-state index >= 15 is 0 Å². The number of aromatic nitrogens is 1. The van der Waals surface area contributed by atoms with Crippen LogP contribution in [0.5, 0.6) is 5.75 Å². The van der Waals surface area contributed by atoms with Crippen LogP contribution in [0.25, 0.3) is 0 Å². The third-order valence-corrected chi connectivity index (χ3v) is 1.59. The molecule has 0 saturated carbocycles. The zero-order valence-corrected chi connectivity index (χ0v) is 7.00. The van der Waals surface area contributed by atoms with Gasteiger partial charge in [0.2, 0.25) is 0 Å². The van der Waals surface area contributed by atoms with Crippen molar-refractivity contribution in [1.29, 1.82) is 0 Å². The highest BCUT2D eigenvalue weighted by atomic mass is 35.5. The van der Waals surface area contributed by atoms with Gasteiger partial charge in [-0.2, -0.15) is 0 Å². The van der Waals surface area contributed by atoms with Crippen molar-refractivity contribution in [2.75, 3.05) is 7.11 Å². The van der Waals surface area contributed by atoms with E-state index in [-0.39, 0.29) is 16.3 Å². The smallest absolute Gasteiger partial charge is 0.341 e. The molecule has 0 atom stereocenters. The van der Waals surface area contributed by atoms with E-state index in [4.69, 9.17) is 21.4 Å². The molecular weight excluding hydrogens is 182 g/mol. The lowest BCUT2D eigenvalue weighted by atomic mass is 10.2. The molecule has 0 radical (unpaired) electrons. The van der Waals surface area contributed by atoms with E-state index in [9.17, 15) is 4.79 Å². The molecule has 0 amide bonds. The molecule has 0 aromatic carbocycles. The van der Waals surface area contributed by atoms with Gasteiger partial charge in [-0.3, -0.25) is 4.98 Å². The lowest BCUT2D eigenvalue weighted by Crippen LogP contribution is -2.01. The standard InChI is InChI=1S/C7H6ClNO3/c1-12-5-3-9-2-4(8)6(5)7(10)11/h2-3H,1H3,(H,10,11). The van der Waals surface area contributed by atoms with E-state index in [1.54, 1.807) is 0 Å². The van der Waals surface area contributed by atoms with Gasteiger partial charge >= 0.3 is 5.97 Å². The number of halogens is 1. The van der Waals surface area contributed by atoms with Crippen molar-refractivity contribution in [1.82, 2.24) is 4.98 Å². The van der Waals surface area contributed by atoms with Crippen LogP contribution < -0.4 is 4.74 Å². The highest BCUT2D eigenvalue weighted by Gasteiger charge is 2.14. The number of rotatable bonds is 2. The normalized spacial score (nSPS) is 9.50. The van der Waals surface area contributed by atoms with Crippen LogP contribution in [0.1, 0.15) is 10.4 Å². The van der Waals surface area contributed by atoms with Crippen LogP contribution in [-0.2, 0) is 0 Å². The molecule has 0 bridgehead atoms. The molecule has 0 aliphatic carbocycles. The van der Waals surface area contributed by atoms with Gasteiger partial charge in [0.25, 0.3) is 0 Å². The van der Waals surface area contributed by atoms with Gasteiger partial charge < -0.3 is 9.84 Å². The second-order valence-electron chi connectivity index (χ2n) is 2.00. The molecule has 0 aliphatic heterocycles. The lowest BCUT2D eigenvalue weighted by Gasteiger charge is -2.03. The first kappa shape index (κ1) is 8.80. The molecule has 64 valence electrons. The number of carbonyl (C=O) groups is 1. The summed E-state index contributed by atoms with van der Waals surface area (Å²) in [4.78, 5) is 14.3. The van der Waals surface area contributed by atoms with E-state index in [0.717, 1.165) is 0 Å². The van der Waals surface area contributed by atoms with E-state index in [0.29, 0.717) is 0 Å². The minimum Gasteiger partial charge on any atom is -0.494 e. The molecule has 1 aromatic rings. The van der Waals surface area contributed by atoms with E-state index in [1.165, 1.54) is 19.5 Å². The third kappa shape index (κ3) is 1.48. The van der Waals surface area contributed by atoms with E-state index in [1.807, 2.05) is 0 Å². The monoisotopic (exact) mass is 187 g/mol. The second-order valence-corrected chi connectivity index (χ2v) is 2.41. The van der Waals surface area contributed by atoms with Gasteiger partial charge in [-0.15, -0.1) is 0 Å². The summed E-state index contributed by atoms with van der Waals surface area (Å²) >= 11 is 5.58. The molecule has 4 nitrogen and oxygen atoms in total. The second kappa shape index (κ2) is 3.40. The Hall–Kier alpha value is -1.29. The van der Waals surface area contributed by atoms with Crippen LogP contribution in [0, 0.1) is 0 Å². The van der Waals surface area contributed by atoms with Crippen molar-refractivity contribution < 1.29 is 14.6 Å². The maximum absolute atomic E-state index is 10.6. The summed E-state index contributed by atoms with van der Waals surface area (Å²) in [6.07, 6.45) is 2.56. The summed E-state index contributed by atoms with van der Waals surface area (Å²) in [6, 6.07) is 0. The van der Waals surface area contributed by atoms with Crippen molar-refractivity contribution in [2.24, 2.45) is 0 Å². The van der Waals surface area contributed by atoms with Gasteiger partial charge in [0.15, 0.2) is 5.75 Å². The van der Waals surface area contributed by atoms with Gasteiger partial charge in [0.05, 0.1) is 18.3 Å². The Morgan fingerprint density at radius 3 is 2.75 bits per heavy atom. The van der Waals surface area contributed by atoms with Crippen molar-refractivity contribution in [3.05, 3.63) is 23.0 Å². The minimum absolute atomic E-state index is 0.0610. The molecule has 0 unspecified atom stereocenters. The Kier molecular flexibility index (Phi) is 2.50. The summed E-state index contributed by atoms with van der Waals surface area (Å²) in [5.74, 6) is -0.964. The summed E-state index contributed by atoms with van der Waals surface area (Å²) in [6.45, 7) is 0. The summed E-state index contributed by atoms with van der Waals surface area (Å²) < 4.78 is 4.76. The maximum atomic E-state index is 10.6. The molecule has 0 spiro atoms. The zero-order chi connectivity index (χ0) is 9.14. The van der Waals surface area contributed by atoms with Gasteiger partial charge in [0, 0.05) is 6.20 Å².